The molecule has 1 atom stereocenters. The van der Waals surface area contributed by atoms with Crippen LogP contribution in [0, 0.1) is 0 Å². The Morgan fingerprint density at radius 3 is 1.69 bits per heavy atom. The number of alkyl halides is 6. The van der Waals surface area contributed by atoms with Gasteiger partial charge in [0.15, 0.2) is 6.10 Å². The first kappa shape index (κ1) is 15.5. The van der Waals surface area contributed by atoms with Crippen LogP contribution in [0.4, 0.5) is 26.3 Å². The Labute approximate surface area is 88.5 Å². The molecule has 0 spiro atoms. The molecule has 0 radical (unpaired) electrons. The summed E-state index contributed by atoms with van der Waals surface area (Å²) in [4.78, 5) is 0. The molecule has 0 saturated heterocycles. The molecule has 0 heterocycles. The van der Waals surface area contributed by atoms with E-state index in [0.29, 0.717) is 0 Å². The molecule has 8 heteroatoms. The highest BCUT2D eigenvalue weighted by Gasteiger charge is 2.51. The SMILES string of the molecule is COC(C)(C)C(OCC(F)(F)F)C(F)(F)F. The van der Waals surface area contributed by atoms with Gasteiger partial charge in [0.1, 0.15) is 6.61 Å². The average molecular weight is 254 g/mol. The number of hydrogen-bond acceptors (Lipinski definition) is 2. The first-order valence-electron chi connectivity index (χ1n) is 4.20. The van der Waals surface area contributed by atoms with Crippen LogP contribution < -0.4 is 0 Å². The van der Waals surface area contributed by atoms with Gasteiger partial charge in [-0.15, -0.1) is 0 Å². The third-order valence-electron chi connectivity index (χ3n) is 1.87. The fourth-order valence-electron chi connectivity index (χ4n) is 0.974. The molecule has 0 aliphatic carbocycles. The standard InChI is InChI=1S/C8H12F6O2/c1-6(2,15-3)5(8(12,13)14)16-4-7(9,10)11/h5H,4H2,1-3H3. The van der Waals surface area contributed by atoms with E-state index in [1.54, 1.807) is 0 Å². The van der Waals surface area contributed by atoms with Gasteiger partial charge in [0, 0.05) is 7.11 Å². The Hall–Kier alpha value is -0.500. The molecule has 0 aromatic rings. The minimum absolute atomic E-state index is 0.968. The summed E-state index contributed by atoms with van der Waals surface area (Å²) >= 11 is 0. The molecule has 0 bridgehead atoms. The summed E-state index contributed by atoms with van der Waals surface area (Å²) in [5.41, 5.74) is -1.89. The number of methoxy groups -OCH3 is 1. The molecule has 1 unspecified atom stereocenters. The van der Waals surface area contributed by atoms with E-state index in [4.69, 9.17) is 0 Å². The van der Waals surface area contributed by atoms with E-state index < -0.39 is 30.7 Å². The molecule has 0 saturated carbocycles. The molecule has 0 fully saturated rings. The van der Waals surface area contributed by atoms with E-state index in [1.807, 2.05) is 0 Å². The van der Waals surface area contributed by atoms with Crippen molar-refractivity contribution in [1.29, 1.82) is 0 Å². The second kappa shape index (κ2) is 4.79. The Balaban J connectivity index is 4.72. The van der Waals surface area contributed by atoms with Gasteiger partial charge in [-0.3, -0.25) is 0 Å². The molecule has 0 aliphatic rings. The van der Waals surface area contributed by atoms with Gasteiger partial charge in [-0.1, -0.05) is 0 Å². The van der Waals surface area contributed by atoms with Crippen molar-refractivity contribution in [3.63, 3.8) is 0 Å². The first-order valence-corrected chi connectivity index (χ1v) is 4.20. The average Bonchev–Trinajstić information content (AvgIpc) is 1.99. The molecule has 16 heavy (non-hydrogen) atoms. The normalized spacial score (nSPS) is 16.3. The highest BCUT2D eigenvalue weighted by molar-refractivity contribution is 4.86. The summed E-state index contributed by atoms with van der Waals surface area (Å²) in [6, 6.07) is 0. The fraction of sp³-hybridized carbons (Fsp3) is 1.00. The molecular weight excluding hydrogens is 242 g/mol. The van der Waals surface area contributed by atoms with Crippen LogP contribution in [0.25, 0.3) is 0 Å². The monoisotopic (exact) mass is 254 g/mol. The van der Waals surface area contributed by atoms with Crippen LogP contribution in [0.2, 0.25) is 0 Å². The van der Waals surface area contributed by atoms with Crippen molar-refractivity contribution < 1.29 is 35.8 Å². The van der Waals surface area contributed by atoms with Crippen LogP contribution in [0.5, 0.6) is 0 Å². The van der Waals surface area contributed by atoms with Crippen molar-refractivity contribution in [3.05, 3.63) is 0 Å². The maximum atomic E-state index is 12.4. The fourth-order valence-corrected chi connectivity index (χ4v) is 0.974. The van der Waals surface area contributed by atoms with Crippen LogP contribution in [0.15, 0.2) is 0 Å². The first-order chi connectivity index (χ1) is 6.90. The predicted octanol–water partition coefficient (Wildman–Crippen LogP) is 2.92. The van der Waals surface area contributed by atoms with Crippen molar-refractivity contribution >= 4 is 0 Å². The predicted molar refractivity (Wildman–Crippen MR) is 42.9 cm³/mol. The Kier molecular flexibility index (Phi) is 4.64. The highest BCUT2D eigenvalue weighted by Crippen LogP contribution is 2.33. The van der Waals surface area contributed by atoms with Crippen molar-refractivity contribution in [3.8, 4) is 0 Å². The third-order valence-corrected chi connectivity index (χ3v) is 1.87. The summed E-state index contributed by atoms with van der Waals surface area (Å²) in [7, 11) is 0.968. The lowest BCUT2D eigenvalue weighted by atomic mass is 10.0. The van der Waals surface area contributed by atoms with Gasteiger partial charge in [0.05, 0.1) is 5.60 Å². The second-order valence-electron chi connectivity index (χ2n) is 3.66. The molecule has 0 rings (SSSR count). The summed E-state index contributed by atoms with van der Waals surface area (Å²) in [5.74, 6) is 0. The van der Waals surface area contributed by atoms with Gasteiger partial charge in [0.2, 0.25) is 0 Å². The van der Waals surface area contributed by atoms with E-state index in [2.05, 4.69) is 9.47 Å². The smallest absolute Gasteiger partial charge is 0.376 e. The Bertz CT molecular complexity index is 220. The van der Waals surface area contributed by atoms with Crippen molar-refractivity contribution in [2.24, 2.45) is 0 Å². The summed E-state index contributed by atoms with van der Waals surface area (Å²) in [6.45, 7) is 0.0348. The molecule has 98 valence electrons. The summed E-state index contributed by atoms with van der Waals surface area (Å²) in [5, 5.41) is 0. The van der Waals surface area contributed by atoms with Gasteiger partial charge >= 0.3 is 12.4 Å². The zero-order valence-corrected chi connectivity index (χ0v) is 8.87. The van der Waals surface area contributed by atoms with Crippen LogP contribution in [-0.2, 0) is 9.47 Å². The lowest BCUT2D eigenvalue weighted by Gasteiger charge is -2.34. The number of halogens is 6. The van der Waals surface area contributed by atoms with Crippen LogP contribution >= 0.6 is 0 Å². The number of ether oxygens (including phenoxy) is 2. The van der Waals surface area contributed by atoms with E-state index in [1.165, 1.54) is 0 Å². The van der Waals surface area contributed by atoms with Gasteiger partial charge in [-0.2, -0.15) is 26.3 Å². The number of hydrogen-bond donors (Lipinski definition) is 0. The minimum atomic E-state index is -4.93. The van der Waals surface area contributed by atoms with E-state index in [9.17, 15) is 26.3 Å². The van der Waals surface area contributed by atoms with Gasteiger partial charge < -0.3 is 9.47 Å². The topological polar surface area (TPSA) is 18.5 Å². The number of rotatable bonds is 4. The van der Waals surface area contributed by atoms with Gasteiger partial charge in [-0.25, -0.2) is 0 Å². The van der Waals surface area contributed by atoms with Crippen LogP contribution in [-0.4, -0.2) is 37.8 Å². The maximum absolute atomic E-state index is 12.4. The molecule has 0 aliphatic heterocycles. The maximum Gasteiger partial charge on any atom is 0.417 e. The lowest BCUT2D eigenvalue weighted by molar-refractivity contribution is -0.293. The molecule has 0 aromatic carbocycles. The third kappa shape index (κ3) is 5.02. The van der Waals surface area contributed by atoms with Crippen molar-refractivity contribution in [2.45, 2.75) is 37.9 Å². The van der Waals surface area contributed by atoms with Gasteiger partial charge in [-0.05, 0) is 13.8 Å². The van der Waals surface area contributed by atoms with Crippen molar-refractivity contribution in [1.82, 2.24) is 0 Å². The summed E-state index contributed by atoms with van der Waals surface area (Å²) < 4.78 is 80.8. The van der Waals surface area contributed by atoms with Gasteiger partial charge in [0.25, 0.3) is 0 Å². The van der Waals surface area contributed by atoms with E-state index >= 15 is 0 Å². The van der Waals surface area contributed by atoms with E-state index in [0.717, 1.165) is 21.0 Å². The van der Waals surface area contributed by atoms with Crippen molar-refractivity contribution in [2.75, 3.05) is 13.7 Å². The molecule has 0 N–H and O–H groups in total. The van der Waals surface area contributed by atoms with Crippen LogP contribution in [0.3, 0.4) is 0 Å². The zero-order valence-electron chi connectivity index (χ0n) is 8.87. The molecular formula is C8H12F6O2. The zero-order chi connectivity index (χ0) is 13.2. The Morgan fingerprint density at radius 1 is 1.00 bits per heavy atom. The Morgan fingerprint density at radius 2 is 1.44 bits per heavy atom. The largest absolute Gasteiger partial charge is 0.417 e. The second-order valence-corrected chi connectivity index (χ2v) is 3.66. The highest BCUT2D eigenvalue weighted by atomic mass is 19.4. The molecule has 0 amide bonds. The van der Waals surface area contributed by atoms with Crippen LogP contribution in [0.1, 0.15) is 13.8 Å². The lowest BCUT2D eigenvalue weighted by Crippen LogP contribution is -2.50. The quantitative estimate of drug-likeness (QED) is 0.718. The summed E-state index contributed by atoms with van der Waals surface area (Å²) in [6.07, 6.45) is -12.4. The van der Waals surface area contributed by atoms with E-state index in [-0.39, 0.29) is 0 Å². The minimum Gasteiger partial charge on any atom is -0.376 e. The molecule has 0 aromatic heterocycles. The molecule has 2 nitrogen and oxygen atoms in total.